The van der Waals surface area contributed by atoms with Gasteiger partial charge in [-0.1, -0.05) is 12.1 Å². The molecule has 0 atom stereocenters. The van der Waals surface area contributed by atoms with Gasteiger partial charge in [0, 0.05) is 27.7 Å². The van der Waals surface area contributed by atoms with Crippen LogP contribution in [0.2, 0.25) is 0 Å². The zero-order valence-electron chi connectivity index (χ0n) is 18.1. The molecular formula is C22H20O11. The van der Waals surface area contributed by atoms with Crippen LogP contribution in [-0.4, -0.2) is 52.1 Å². The van der Waals surface area contributed by atoms with E-state index in [0.29, 0.717) is 0 Å². The summed E-state index contributed by atoms with van der Waals surface area (Å²) in [5.41, 5.74) is -0.764. The van der Waals surface area contributed by atoms with E-state index in [-0.39, 0.29) is 11.3 Å². The molecule has 0 aliphatic carbocycles. The molecule has 0 radical (unpaired) electrons. The second-order valence-electron chi connectivity index (χ2n) is 8.23. The molecule has 1 aromatic rings. The van der Waals surface area contributed by atoms with Crippen molar-refractivity contribution in [2.75, 3.05) is 0 Å². The van der Waals surface area contributed by atoms with Crippen molar-refractivity contribution in [2.24, 2.45) is 11.8 Å². The van der Waals surface area contributed by atoms with Crippen LogP contribution in [0.4, 0.5) is 0 Å². The molecule has 0 saturated carbocycles. The maximum absolute atomic E-state index is 13.2. The molecule has 2 aliphatic rings. The highest BCUT2D eigenvalue weighted by molar-refractivity contribution is 6.37. The third kappa shape index (κ3) is 4.92. The molecule has 1 aromatic carbocycles. The van der Waals surface area contributed by atoms with Gasteiger partial charge in [0.2, 0.25) is 11.8 Å². The summed E-state index contributed by atoms with van der Waals surface area (Å²) in [6.07, 6.45) is 0.922. The van der Waals surface area contributed by atoms with Crippen LogP contribution in [0.15, 0.2) is 29.8 Å². The van der Waals surface area contributed by atoms with E-state index in [1.807, 2.05) is 0 Å². The number of rotatable bonds is 5. The van der Waals surface area contributed by atoms with E-state index >= 15 is 0 Å². The molecule has 0 bridgehead atoms. The summed E-state index contributed by atoms with van der Waals surface area (Å²) in [5.74, 6) is -15.6. The summed E-state index contributed by atoms with van der Waals surface area (Å²) in [6, 6.07) is 5.27. The summed E-state index contributed by atoms with van der Waals surface area (Å²) < 4.78 is 19.7. The highest BCUT2D eigenvalue weighted by atomic mass is 16.8. The number of esters is 4. The lowest BCUT2D eigenvalue weighted by Gasteiger charge is -2.33. The predicted octanol–water partition coefficient (Wildman–Crippen LogP) is 0.818. The first kappa shape index (κ1) is 23.6. The van der Waals surface area contributed by atoms with E-state index in [2.05, 4.69) is 0 Å². The fourth-order valence-electron chi connectivity index (χ4n) is 3.22. The van der Waals surface area contributed by atoms with E-state index < -0.39 is 64.4 Å². The zero-order chi connectivity index (χ0) is 24.7. The Morgan fingerprint density at radius 3 is 1.55 bits per heavy atom. The van der Waals surface area contributed by atoms with Gasteiger partial charge in [-0.05, 0) is 23.8 Å². The van der Waals surface area contributed by atoms with Crippen LogP contribution < -0.4 is 0 Å². The zero-order valence-corrected chi connectivity index (χ0v) is 18.1. The van der Waals surface area contributed by atoms with E-state index in [1.165, 1.54) is 52.0 Å². The Morgan fingerprint density at radius 1 is 0.788 bits per heavy atom. The maximum atomic E-state index is 13.2. The number of ether oxygens (including phenoxy) is 4. The summed E-state index contributed by atoms with van der Waals surface area (Å²) in [6.45, 7) is 5.09. The third-order valence-electron chi connectivity index (χ3n) is 4.56. The lowest BCUT2D eigenvalue weighted by Crippen LogP contribution is -2.52. The number of hydrogen-bond acceptors (Lipinski definition) is 11. The molecule has 3 rings (SSSR count). The van der Waals surface area contributed by atoms with Gasteiger partial charge in [0.1, 0.15) is 5.75 Å². The first-order valence-corrected chi connectivity index (χ1v) is 9.71. The molecule has 1 N–H and O–H groups in total. The summed E-state index contributed by atoms with van der Waals surface area (Å²) in [5, 5.41) is 9.69. The second kappa shape index (κ2) is 8.15. The van der Waals surface area contributed by atoms with Gasteiger partial charge in [-0.3, -0.25) is 28.8 Å². The molecule has 33 heavy (non-hydrogen) atoms. The number of carbonyl (C=O) groups excluding carboxylic acids is 6. The average molecular weight is 460 g/mol. The number of allylic oxidation sites excluding steroid dienone is 1. The quantitative estimate of drug-likeness (QED) is 0.287. The first-order valence-electron chi connectivity index (χ1n) is 9.71. The number of benzene rings is 1. The van der Waals surface area contributed by atoms with Crippen LogP contribution in [0.1, 0.15) is 33.3 Å². The highest BCUT2D eigenvalue weighted by Crippen LogP contribution is 2.30. The van der Waals surface area contributed by atoms with Crippen molar-refractivity contribution in [1.29, 1.82) is 0 Å². The van der Waals surface area contributed by atoms with E-state index in [9.17, 15) is 33.9 Å². The van der Waals surface area contributed by atoms with Crippen LogP contribution in [0.5, 0.6) is 5.75 Å². The third-order valence-corrected chi connectivity index (χ3v) is 4.56. The monoisotopic (exact) mass is 460 g/mol. The molecule has 11 nitrogen and oxygen atoms in total. The van der Waals surface area contributed by atoms with Gasteiger partial charge in [-0.15, -0.1) is 0 Å². The number of aromatic hydroxyl groups is 1. The molecule has 2 heterocycles. The number of phenols is 1. The molecule has 0 unspecified atom stereocenters. The maximum Gasteiger partial charge on any atom is 0.331 e. The number of hydrogen-bond donors (Lipinski definition) is 1. The number of ketones is 2. The minimum Gasteiger partial charge on any atom is -0.508 e. The minimum absolute atomic E-state index is 0.0995. The van der Waals surface area contributed by atoms with Crippen molar-refractivity contribution in [3.8, 4) is 5.75 Å². The minimum atomic E-state index is -2.17. The van der Waals surface area contributed by atoms with Crippen molar-refractivity contribution >= 4 is 41.5 Å². The lowest BCUT2D eigenvalue weighted by molar-refractivity contribution is -0.239. The Bertz CT molecular complexity index is 1010. The number of Topliss-reactive ketones (excluding diaryl/α,β-unsaturated/α-hetero) is 2. The van der Waals surface area contributed by atoms with E-state index in [1.54, 1.807) is 0 Å². The van der Waals surface area contributed by atoms with Gasteiger partial charge in [-0.25, -0.2) is 0 Å². The van der Waals surface area contributed by atoms with Crippen molar-refractivity contribution < 1.29 is 52.8 Å². The average Bonchev–Trinajstić information content (AvgIpc) is 2.62. The smallest absolute Gasteiger partial charge is 0.331 e. The molecule has 2 saturated heterocycles. The Hall–Kier alpha value is -4.02. The van der Waals surface area contributed by atoms with Gasteiger partial charge in [0.15, 0.2) is 11.6 Å². The SMILES string of the molecule is CC1(C)OC(=O)C(C(=O)C(=Cc2cccc(O)c2)C(=O)C2C(=O)OC(C)(C)OC2=O)C(=O)O1. The molecule has 0 amide bonds. The van der Waals surface area contributed by atoms with Crippen molar-refractivity contribution in [2.45, 2.75) is 39.3 Å². The Balaban J connectivity index is 2.06. The molecular weight excluding hydrogens is 440 g/mol. The Morgan fingerprint density at radius 2 is 1.18 bits per heavy atom. The number of phenolic OH excluding ortho intramolecular Hbond substituents is 1. The highest BCUT2D eigenvalue weighted by Gasteiger charge is 2.53. The first-order chi connectivity index (χ1) is 15.2. The van der Waals surface area contributed by atoms with E-state index in [0.717, 1.165) is 6.08 Å². The largest absolute Gasteiger partial charge is 0.508 e. The summed E-state index contributed by atoms with van der Waals surface area (Å²) in [4.78, 5) is 75.9. The van der Waals surface area contributed by atoms with Crippen LogP contribution in [0, 0.1) is 11.8 Å². The Kier molecular flexibility index (Phi) is 5.84. The van der Waals surface area contributed by atoms with Crippen LogP contribution in [0.25, 0.3) is 6.08 Å². The molecule has 2 fully saturated rings. The normalized spacial score (nSPS) is 20.1. The van der Waals surface area contributed by atoms with Crippen molar-refractivity contribution in [3.05, 3.63) is 35.4 Å². The lowest BCUT2D eigenvalue weighted by atomic mass is 9.87. The van der Waals surface area contributed by atoms with Crippen LogP contribution in [-0.2, 0) is 47.7 Å². The van der Waals surface area contributed by atoms with E-state index in [4.69, 9.17) is 18.9 Å². The molecule has 174 valence electrons. The van der Waals surface area contributed by atoms with Crippen LogP contribution >= 0.6 is 0 Å². The van der Waals surface area contributed by atoms with Crippen molar-refractivity contribution in [3.63, 3.8) is 0 Å². The number of carbonyl (C=O) groups is 6. The van der Waals surface area contributed by atoms with Gasteiger partial charge < -0.3 is 24.1 Å². The fourth-order valence-corrected chi connectivity index (χ4v) is 3.22. The molecule has 11 heteroatoms. The van der Waals surface area contributed by atoms with Crippen molar-refractivity contribution in [1.82, 2.24) is 0 Å². The van der Waals surface area contributed by atoms with Gasteiger partial charge in [-0.2, -0.15) is 0 Å². The summed E-state index contributed by atoms with van der Waals surface area (Å²) in [7, 11) is 0. The van der Waals surface area contributed by atoms with Crippen LogP contribution in [0.3, 0.4) is 0 Å². The van der Waals surface area contributed by atoms with Gasteiger partial charge in [0.05, 0.1) is 5.57 Å². The standard InChI is InChI=1S/C22H20O11/c1-21(2)30-17(26)13(18(27)31-21)15(24)12(9-10-6-5-7-11(23)8-10)16(25)14-19(28)32-22(3,4)33-20(14)29/h5-9,13-14,23H,1-4H3. The Labute approximate surface area is 187 Å². The molecule has 0 aromatic heterocycles. The molecule has 0 spiro atoms. The topological polar surface area (TPSA) is 160 Å². The summed E-state index contributed by atoms with van der Waals surface area (Å²) >= 11 is 0. The van der Waals surface area contributed by atoms with Gasteiger partial charge in [0.25, 0.3) is 11.6 Å². The second-order valence-corrected chi connectivity index (χ2v) is 8.23. The predicted molar refractivity (Wildman–Crippen MR) is 106 cm³/mol. The fraction of sp³-hybridized carbons (Fsp3) is 0.364. The van der Waals surface area contributed by atoms with Gasteiger partial charge >= 0.3 is 23.9 Å². The molecule has 2 aliphatic heterocycles. The number of cyclic esters (lactones) is 4.